The number of pyridine rings is 1. The average Bonchev–Trinajstić information content (AvgIpc) is 2.35. The van der Waals surface area contributed by atoms with Gasteiger partial charge in [0.2, 0.25) is 0 Å². The molecule has 0 aliphatic carbocycles. The Kier molecular flexibility index (Phi) is 4.04. The predicted octanol–water partition coefficient (Wildman–Crippen LogP) is 4.39. The van der Waals surface area contributed by atoms with E-state index in [1.54, 1.807) is 25.3 Å². The molecule has 0 spiro atoms. The number of benzene rings is 1. The molecule has 1 aromatic carbocycles. The second-order valence-electron chi connectivity index (χ2n) is 3.46. The Balaban J connectivity index is 2.28. The smallest absolute Gasteiger partial charge is 0.167 e. The molecule has 0 fully saturated rings. The molecular weight excluding hydrogens is 322 g/mol. The molecule has 2 aromatic rings. The van der Waals surface area contributed by atoms with E-state index in [0.29, 0.717) is 11.4 Å². The van der Waals surface area contributed by atoms with Gasteiger partial charge in [-0.25, -0.2) is 9.37 Å². The van der Waals surface area contributed by atoms with E-state index in [2.05, 4.69) is 26.2 Å². The van der Waals surface area contributed by atoms with Crippen LogP contribution in [0.4, 0.5) is 15.9 Å². The van der Waals surface area contributed by atoms with Crippen LogP contribution in [0.2, 0.25) is 5.02 Å². The lowest BCUT2D eigenvalue weighted by atomic mass is 10.3. The maximum atomic E-state index is 13.5. The van der Waals surface area contributed by atoms with Crippen molar-refractivity contribution >= 4 is 39.0 Å². The molecule has 0 bridgehead atoms. The zero-order valence-corrected chi connectivity index (χ0v) is 11.7. The van der Waals surface area contributed by atoms with Crippen LogP contribution < -0.4 is 10.1 Å². The first kappa shape index (κ1) is 13.1. The molecule has 0 amide bonds. The number of methoxy groups -OCH3 is 1. The molecule has 0 unspecified atom stereocenters. The van der Waals surface area contributed by atoms with Crippen LogP contribution in [0.15, 0.2) is 34.9 Å². The van der Waals surface area contributed by atoms with Crippen molar-refractivity contribution in [2.45, 2.75) is 0 Å². The number of rotatable bonds is 3. The van der Waals surface area contributed by atoms with Crippen molar-refractivity contribution in [2.75, 3.05) is 12.4 Å². The van der Waals surface area contributed by atoms with Crippen molar-refractivity contribution in [3.05, 3.63) is 45.8 Å². The highest BCUT2D eigenvalue weighted by molar-refractivity contribution is 9.10. The number of halogens is 3. The summed E-state index contributed by atoms with van der Waals surface area (Å²) in [5.74, 6) is 0.252. The Labute approximate surface area is 117 Å². The number of anilines is 2. The van der Waals surface area contributed by atoms with Crippen molar-refractivity contribution in [3.63, 3.8) is 0 Å². The summed E-state index contributed by atoms with van der Waals surface area (Å²) in [5, 5.41) is 3.11. The van der Waals surface area contributed by atoms with E-state index in [1.165, 1.54) is 12.3 Å². The maximum Gasteiger partial charge on any atom is 0.167 e. The summed E-state index contributed by atoms with van der Waals surface area (Å²) >= 11 is 8.97. The number of nitrogens with zero attached hydrogens (tertiary/aromatic N) is 1. The van der Waals surface area contributed by atoms with E-state index >= 15 is 0 Å². The van der Waals surface area contributed by atoms with Crippen LogP contribution in [-0.2, 0) is 0 Å². The summed E-state index contributed by atoms with van der Waals surface area (Å²) in [6.07, 6.45) is 1.38. The van der Waals surface area contributed by atoms with Gasteiger partial charge in [0, 0.05) is 18.0 Å². The van der Waals surface area contributed by atoms with Crippen LogP contribution in [-0.4, -0.2) is 12.1 Å². The number of aromatic nitrogens is 1. The highest BCUT2D eigenvalue weighted by Gasteiger charge is 2.07. The lowest BCUT2D eigenvalue weighted by Crippen LogP contribution is -1.97. The standard InChI is InChI=1S/C12H9BrClFN2O/c1-18-11-5-8(2-3-9(11)13)17-12-10(15)4-7(14)6-16-12/h2-6H,1H3,(H,16,17). The molecule has 1 N–H and O–H groups in total. The van der Waals surface area contributed by atoms with Gasteiger partial charge in [0.05, 0.1) is 16.6 Å². The minimum Gasteiger partial charge on any atom is -0.495 e. The van der Waals surface area contributed by atoms with Gasteiger partial charge in [-0.3, -0.25) is 0 Å². The Morgan fingerprint density at radius 3 is 2.83 bits per heavy atom. The fourth-order valence-electron chi connectivity index (χ4n) is 1.38. The van der Waals surface area contributed by atoms with Crippen LogP contribution in [0.3, 0.4) is 0 Å². The van der Waals surface area contributed by atoms with Crippen molar-refractivity contribution in [1.29, 1.82) is 0 Å². The Morgan fingerprint density at radius 2 is 2.17 bits per heavy atom. The Bertz CT molecular complexity index is 580. The molecule has 0 aliphatic heterocycles. The van der Waals surface area contributed by atoms with E-state index in [-0.39, 0.29) is 10.8 Å². The average molecular weight is 332 g/mol. The summed E-state index contributed by atoms with van der Waals surface area (Å²) < 4.78 is 19.5. The molecule has 6 heteroatoms. The molecule has 3 nitrogen and oxygen atoms in total. The van der Waals surface area contributed by atoms with Gasteiger partial charge in [0.25, 0.3) is 0 Å². The van der Waals surface area contributed by atoms with Gasteiger partial charge < -0.3 is 10.1 Å². The molecule has 18 heavy (non-hydrogen) atoms. The van der Waals surface area contributed by atoms with Crippen molar-refractivity contribution in [1.82, 2.24) is 4.98 Å². The zero-order valence-electron chi connectivity index (χ0n) is 9.38. The molecule has 1 aromatic heterocycles. The molecular formula is C12H9BrClFN2O. The number of ether oxygens (including phenoxy) is 1. The van der Waals surface area contributed by atoms with Crippen molar-refractivity contribution in [2.24, 2.45) is 0 Å². The zero-order chi connectivity index (χ0) is 13.1. The lowest BCUT2D eigenvalue weighted by molar-refractivity contribution is 0.412. The molecule has 2 rings (SSSR count). The Morgan fingerprint density at radius 1 is 1.39 bits per heavy atom. The van der Waals surface area contributed by atoms with E-state index in [9.17, 15) is 4.39 Å². The van der Waals surface area contributed by atoms with E-state index in [0.717, 1.165) is 4.47 Å². The third kappa shape index (κ3) is 2.91. The summed E-state index contributed by atoms with van der Waals surface area (Å²) in [6.45, 7) is 0. The van der Waals surface area contributed by atoms with Gasteiger partial charge in [-0.2, -0.15) is 0 Å². The second-order valence-corrected chi connectivity index (χ2v) is 4.75. The summed E-state index contributed by atoms with van der Waals surface area (Å²) in [4.78, 5) is 3.88. The van der Waals surface area contributed by atoms with Crippen molar-refractivity contribution < 1.29 is 9.13 Å². The van der Waals surface area contributed by atoms with Gasteiger partial charge in [0.1, 0.15) is 5.75 Å². The summed E-state index contributed by atoms with van der Waals surface area (Å²) in [6, 6.07) is 6.52. The summed E-state index contributed by atoms with van der Waals surface area (Å²) in [5.41, 5.74) is 0.670. The minimum atomic E-state index is -0.510. The van der Waals surface area contributed by atoms with E-state index in [1.807, 2.05) is 0 Å². The summed E-state index contributed by atoms with van der Waals surface area (Å²) in [7, 11) is 1.56. The lowest BCUT2D eigenvalue weighted by Gasteiger charge is -2.09. The first-order chi connectivity index (χ1) is 8.60. The van der Waals surface area contributed by atoms with Crippen LogP contribution >= 0.6 is 27.5 Å². The van der Waals surface area contributed by atoms with Gasteiger partial charge in [0.15, 0.2) is 11.6 Å². The fraction of sp³-hybridized carbons (Fsp3) is 0.0833. The van der Waals surface area contributed by atoms with Crippen LogP contribution in [0.5, 0.6) is 5.75 Å². The quantitative estimate of drug-likeness (QED) is 0.906. The third-order valence-electron chi connectivity index (χ3n) is 2.22. The predicted molar refractivity (Wildman–Crippen MR) is 73.2 cm³/mol. The first-order valence-electron chi connectivity index (χ1n) is 5.02. The highest BCUT2D eigenvalue weighted by Crippen LogP contribution is 2.29. The molecule has 0 aliphatic rings. The normalized spacial score (nSPS) is 10.2. The van der Waals surface area contributed by atoms with Gasteiger partial charge >= 0.3 is 0 Å². The van der Waals surface area contributed by atoms with Crippen LogP contribution in [0.1, 0.15) is 0 Å². The second kappa shape index (κ2) is 5.54. The van der Waals surface area contributed by atoms with Crippen molar-refractivity contribution in [3.8, 4) is 5.75 Å². The van der Waals surface area contributed by atoms with Gasteiger partial charge in [-0.05, 0) is 34.1 Å². The molecule has 0 atom stereocenters. The Hall–Kier alpha value is -1.33. The SMILES string of the molecule is COc1cc(Nc2ncc(Cl)cc2F)ccc1Br. The topological polar surface area (TPSA) is 34.1 Å². The maximum absolute atomic E-state index is 13.5. The monoisotopic (exact) mass is 330 g/mol. The molecule has 0 radical (unpaired) electrons. The van der Waals surface area contributed by atoms with E-state index in [4.69, 9.17) is 16.3 Å². The molecule has 94 valence electrons. The molecule has 1 heterocycles. The molecule has 0 saturated heterocycles. The highest BCUT2D eigenvalue weighted by atomic mass is 79.9. The fourth-order valence-corrected chi connectivity index (χ4v) is 1.93. The third-order valence-corrected chi connectivity index (χ3v) is 3.08. The van der Waals surface area contributed by atoms with Gasteiger partial charge in [-0.15, -0.1) is 0 Å². The minimum absolute atomic E-state index is 0.115. The molecule has 0 saturated carbocycles. The van der Waals surface area contributed by atoms with Crippen LogP contribution in [0.25, 0.3) is 0 Å². The number of hydrogen-bond donors (Lipinski definition) is 1. The van der Waals surface area contributed by atoms with Gasteiger partial charge in [-0.1, -0.05) is 11.6 Å². The van der Waals surface area contributed by atoms with E-state index < -0.39 is 5.82 Å². The van der Waals surface area contributed by atoms with Crippen LogP contribution in [0, 0.1) is 5.82 Å². The number of hydrogen-bond acceptors (Lipinski definition) is 3. The largest absolute Gasteiger partial charge is 0.495 e. The number of nitrogens with one attached hydrogen (secondary N) is 1. The first-order valence-corrected chi connectivity index (χ1v) is 6.19.